The molecule has 1 unspecified atom stereocenters. The number of nitrogens with zero attached hydrogens (tertiary/aromatic N) is 2. The van der Waals surface area contributed by atoms with Crippen molar-refractivity contribution in [3.05, 3.63) is 16.1 Å². The largest absolute Gasteiger partial charge is 0.481 e. The lowest BCUT2D eigenvalue weighted by atomic mass is 10.2. The van der Waals surface area contributed by atoms with Gasteiger partial charge in [-0.2, -0.15) is 0 Å². The van der Waals surface area contributed by atoms with Crippen LogP contribution in [0.5, 0.6) is 0 Å². The van der Waals surface area contributed by atoms with Crippen molar-refractivity contribution in [2.75, 3.05) is 6.54 Å². The van der Waals surface area contributed by atoms with Crippen LogP contribution in [0.1, 0.15) is 49.9 Å². The van der Waals surface area contributed by atoms with Crippen LogP contribution in [-0.4, -0.2) is 33.5 Å². The van der Waals surface area contributed by atoms with Crippen molar-refractivity contribution in [3.63, 3.8) is 0 Å². The molecule has 2 heterocycles. The molecule has 2 rings (SSSR count). The van der Waals surface area contributed by atoms with E-state index in [1.165, 1.54) is 12.8 Å². The molecule has 1 aromatic heterocycles. The number of carboxylic acid groups (broad SMARTS) is 1. The van der Waals surface area contributed by atoms with Crippen molar-refractivity contribution < 1.29 is 9.90 Å². The molecular formula is C13H20N2O2S. The zero-order valence-corrected chi connectivity index (χ0v) is 11.7. The average Bonchev–Trinajstić information content (AvgIpc) is 2.94. The van der Waals surface area contributed by atoms with Gasteiger partial charge in [-0.3, -0.25) is 9.69 Å². The predicted molar refractivity (Wildman–Crippen MR) is 71.9 cm³/mol. The molecule has 0 bridgehead atoms. The van der Waals surface area contributed by atoms with Crippen LogP contribution >= 0.6 is 11.3 Å². The van der Waals surface area contributed by atoms with Crippen molar-refractivity contribution in [2.24, 2.45) is 0 Å². The normalized spacial score (nSPS) is 20.7. The zero-order valence-electron chi connectivity index (χ0n) is 10.9. The van der Waals surface area contributed by atoms with Gasteiger partial charge in [0.2, 0.25) is 0 Å². The molecule has 1 atom stereocenters. The molecule has 0 amide bonds. The van der Waals surface area contributed by atoms with Gasteiger partial charge in [-0.25, -0.2) is 4.98 Å². The number of carbonyl (C=O) groups is 1. The minimum atomic E-state index is -0.755. The topological polar surface area (TPSA) is 53.4 Å². The van der Waals surface area contributed by atoms with Crippen molar-refractivity contribution in [1.29, 1.82) is 0 Å². The molecule has 0 saturated carbocycles. The quantitative estimate of drug-likeness (QED) is 0.892. The minimum absolute atomic E-state index is 0.168. The summed E-state index contributed by atoms with van der Waals surface area (Å²) in [6.07, 6.45) is 3.11. The Morgan fingerprint density at radius 1 is 1.67 bits per heavy atom. The molecule has 4 nitrogen and oxygen atoms in total. The van der Waals surface area contributed by atoms with E-state index in [1.807, 2.05) is 5.38 Å². The maximum Gasteiger partial charge on any atom is 0.303 e. The van der Waals surface area contributed by atoms with Gasteiger partial charge < -0.3 is 5.11 Å². The molecule has 1 fully saturated rings. The molecule has 1 saturated heterocycles. The highest BCUT2D eigenvalue weighted by Crippen LogP contribution is 2.35. The lowest BCUT2D eigenvalue weighted by Crippen LogP contribution is -2.30. The van der Waals surface area contributed by atoms with Crippen LogP contribution in [0.15, 0.2) is 5.38 Å². The minimum Gasteiger partial charge on any atom is -0.481 e. The second-order valence-corrected chi connectivity index (χ2v) is 5.95. The molecular weight excluding hydrogens is 248 g/mol. The van der Waals surface area contributed by atoms with Gasteiger partial charge in [0.05, 0.1) is 18.2 Å². The first-order valence-electron chi connectivity index (χ1n) is 6.49. The van der Waals surface area contributed by atoms with Gasteiger partial charge in [0.25, 0.3) is 0 Å². The molecule has 18 heavy (non-hydrogen) atoms. The van der Waals surface area contributed by atoms with Gasteiger partial charge in [-0.15, -0.1) is 11.3 Å². The van der Waals surface area contributed by atoms with Crippen LogP contribution < -0.4 is 0 Å². The molecule has 1 N–H and O–H groups in total. The molecule has 0 aliphatic carbocycles. The van der Waals surface area contributed by atoms with Crippen molar-refractivity contribution in [2.45, 2.75) is 51.6 Å². The maximum absolute atomic E-state index is 10.5. The summed E-state index contributed by atoms with van der Waals surface area (Å²) in [7, 11) is 0. The van der Waals surface area contributed by atoms with Gasteiger partial charge in [0, 0.05) is 17.8 Å². The summed E-state index contributed by atoms with van der Waals surface area (Å²) >= 11 is 1.67. The number of aryl methyl sites for hydroxylation is 1. The third-order valence-corrected chi connectivity index (χ3v) is 4.40. The Labute approximate surface area is 112 Å². The number of hydrogen-bond donors (Lipinski definition) is 1. The van der Waals surface area contributed by atoms with E-state index >= 15 is 0 Å². The smallest absolute Gasteiger partial charge is 0.303 e. The Hall–Kier alpha value is -0.940. The maximum atomic E-state index is 10.5. The van der Waals surface area contributed by atoms with E-state index in [4.69, 9.17) is 5.11 Å². The monoisotopic (exact) mass is 268 g/mol. The van der Waals surface area contributed by atoms with Crippen LogP contribution in [0.4, 0.5) is 0 Å². The Morgan fingerprint density at radius 2 is 2.44 bits per heavy atom. The average molecular weight is 268 g/mol. The lowest BCUT2D eigenvalue weighted by molar-refractivity contribution is -0.136. The molecule has 1 aromatic rings. The molecule has 0 radical (unpaired) electrons. The summed E-state index contributed by atoms with van der Waals surface area (Å²) in [4.78, 5) is 17.6. The van der Waals surface area contributed by atoms with Gasteiger partial charge in [-0.1, -0.05) is 0 Å². The first-order valence-corrected chi connectivity index (χ1v) is 7.37. The number of likely N-dealkylation sites (tertiary alicyclic amines) is 1. The highest BCUT2D eigenvalue weighted by atomic mass is 32.1. The van der Waals surface area contributed by atoms with Crippen LogP contribution in [0.2, 0.25) is 0 Å². The molecule has 0 aromatic carbocycles. The highest BCUT2D eigenvalue weighted by molar-refractivity contribution is 7.09. The fourth-order valence-corrected chi connectivity index (χ4v) is 3.51. The Kier molecular flexibility index (Phi) is 4.35. The number of aromatic nitrogens is 1. The van der Waals surface area contributed by atoms with Crippen molar-refractivity contribution in [1.82, 2.24) is 9.88 Å². The van der Waals surface area contributed by atoms with E-state index in [9.17, 15) is 4.79 Å². The number of aliphatic carboxylic acids is 1. The Bertz CT molecular complexity index is 417. The van der Waals surface area contributed by atoms with E-state index in [0.29, 0.717) is 18.5 Å². The van der Waals surface area contributed by atoms with E-state index in [0.717, 1.165) is 17.2 Å². The molecule has 1 aliphatic rings. The number of hydrogen-bond acceptors (Lipinski definition) is 4. The standard InChI is InChI=1S/C13H20N2O2S/c1-9(2)15-7-3-4-11(15)13-14-10(8-18-13)5-6-12(16)17/h8-9,11H,3-7H2,1-2H3,(H,16,17). The fraction of sp³-hybridized carbons (Fsp3) is 0.692. The zero-order chi connectivity index (χ0) is 13.1. The second-order valence-electron chi connectivity index (χ2n) is 5.06. The van der Waals surface area contributed by atoms with Gasteiger partial charge in [0.1, 0.15) is 5.01 Å². The predicted octanol–water partition coefficient (Wildman–Crippen LogP) is 2.71. The van der Waals surface area contributed by atoms with E-state index in [-0.39, 0.29) is 6.42 Å². The van der Waals surface area contributed by atoms with E-state index in [2.05, 4.69) is 23.7 Å². The third kappa shape index (κ3) is 3.09. The summed E-state index contributed by atoms with van der Waals surface area (Å²) < 4.78 is 0. The molecule has 1 aliphatic heterocycles. The number of rotatable bonds is 5. The first-order chi connectivity index (χ1) is 8.58. The summed E-state index contributed by atoms with van der Waals surface area (Å²) in [5, 5.41) is 11.8. The highest BCUT2D eigenvalue weighted by Gasteiger charge is 2.29. The van der Waals surface area contributed by atoms with Crippen LogP contribution in [0, 0.1) is 0 Å². The van der Waals surface area contributed by atoms with Crippen molar-refractivity contribution >= 4 is 17.3 Å². The summed E-state index contributed by atoms with van der Waals surface area (Å²) in [6, 6.07) is 0.984. The van der Waals surface area contributed by atoms with Gasteiger partial charge in [-0.05, 0) is 33.2 Å². The Morgan fingerprint density at radius 3 is 3.11 bits per heavy atom. The number of thiazole rings is 1. The molecule has 5 heteroatoms. The fourth-order valence-electron chi connectivity index (χ4n) is 2.50. The van der Waals surface area contributed by atoms with Crippen LogP contribution in [0.25, 0.3) is 0 Å². The SMILES string of the molecule is CC(C)N1CCCC1c1nc(CCC(=O)O)cs1. The number of carboxylic acids is 1. The van der Waals surface area contributed by atoms with Gasteiger partial charge in [0.15, 0.2) is 0 Å². The molecule has 0 spiro atoms. The Balaban J connectivity index is 2.02. The van der Waals surface area contributed by atoms with E-state index < -0.39 is 5.97 Å². The summed E-state index contributed by atoms with van der Waals surface area (Å²) in [6.45, 7) is 5.58. The van der Waals surface area contributed by atoms with Crippen LogP contribution in [0.3, 0.4) is 0 Å². The van der Waals surface area contributed by atoms with Gasteiger partial charge >= 0.3 is 5.97 Å². The van der Waals surface area contributed by atoms with Crippen molar-refractivity contribution in [3.8, 4) is 0 Å². The second kappa shape index (κ2) is 5.80. The third-order valence-electron chi connectivity index (χ3n) is 3.41. The first kappa shape index (κ1) is 13.5. The lowest BCUT2D eigenvalue weighted by Gasteiger charge is -2.26. The summed E-state index contributed by atoms with van der Waals surface area (Å²) in [5.41, 5.74) is 0.924. The molecule has 100 valence electrons. The summed E-state index contributed by atoms with van der Waals surface area (Å²) in [5.74, 6) is -0.755. The van der Waals surface area contributed by atoms with E-state index in [1.54, 1.807) is 11.3 Å². The van der Waals surface area contributed by atoms with Crippen LogP contribution in [-0.2, 0) is 11.2 Å².